The molecule has 1 aliphatic heterocycles. The molecule has 0 saturated carbocycles. The minimum Gasteiger partial charge on any atom is -0.350 e. The Kier molecular flexibility index (Phi) is 5.18. The van der Waals surface area contributed by atoms with Crippen molar-refractivity contribution in [2.45, 2.75) is 40.2 Å². The topological polar surface area (TPSA) is 62.3 Å². The lowest BCUT2D eigenvalue weighted by molar-refractivity contribution is -0.126. The van der Waals surface area contributed by atoms with Crippen molar-refractivity contribution in [2.75, 3.05) is 11.4 Å². The number of nitrogens with one attached hydrogen (secondary N) is 1. The number of hydrogen-bond acceptors (Lipinski definition) is 4. The van der Waals surface area contributed by atoms with Gasteiger partial charge >= 0.3 is 0 Å². The van der Waals surface area contributed by atoms with E-state index in [9.17, 15) is 9.59 Å². The molecule has 1 aromatic heterocycles. The van der Waals surface area contributed by atoms with Gasteiger partial charge in [-0.1, -0.05) is 25.1 Å². The Morgan fingerprint density at radius 2 is 2.20 bits per heavy atom. The summed E-state index contributed by atoms with van der Waals surface area (Å²) >= 11 is 1.57. The molecule has 3 rings (SSSR count). The standard InChI is InChI=1S/C19H23N3O2S/c1-4-14-7-5-6-12(2)18(14)22-10-15(8-17(22)23)19(24)20-9-16-11-25-13(3)21-16/h5-7,11,15H,4,8-10H2,1-3H3,(H,20,24). The van der Waals surface area contributed by atoms with Crippen molar-refractivity contribution in [2.24, 2.45) is 5.92 Å². The fourth-order valence-corrected chi connectivity index (χ4v) is 3.91. The smallest absolute Gasteiger partial charge is 0.227 e. The Balaban J connectivity index is 1.69. The first kappa shape index (κ1) is 17.6. The highest BCUT2D eigenvalue weighted by Crippen LogP contribution is 2.31. The van der Waals surface area contributed by atoms with Crippen LogP contribution in [0.25, 0.3) is 0 Å². The number of anilines is 1. The number of benzene rings is 1. The molecule has 1 atom stereocenters. The fraction of sp³-hybridized carbons (Fsp3) is 0.421. The van der Waals surface area contributed by atoms with Gasteiger partial charge in [-0.05, 0) is 31.4 Å². The summed E-state index contributed by atoms with van der Waals surface area (Å²) < 4.78 is 0. The van der Waals surface area contributed by atoms with Gasteiger partial charge in [-0.3, -0.25) is 9.59 Å². The van der Waals surface area contributed by atoms with Gasteiger partial charge in [0.25, 0.3) is 0 Å². The average molecular weight is 357 g/mol. The quantitative estimate of drug-likeness (QED) is 0.895. The number of aromatic nitrogens is 1. The van der Waals surface area contributed by atoms with Gasteiger partial charge in [0.2, 0.25) is 11.8 Å². The van der Waals surface area contributed by atoms with Gasteiger partial charge in [-0.25, -0.2) is 4.98 Å². The third kappa shape index (κ3) is 3.74. The van der Waals surface area contributed by atoms with Crippen LogP contribution in [0.1, 0.15) is 35.2 Å². The SMILES string of the molecule is CCc1cccc(C)c1N1CC(C(=O)NCc2csc(C)n2)CC1=O. The number of aryl methyl sites for hydroxylation is 3. The second-order valence-electron chi connectivity index (χ2n) is 6.42. The van der Waals surface area contributed by atoms with Crippen molar-refractivity contribution < 1.29 is 9.59 Å². The lowest BCUT2D eigenvalue weighted by Gasteiger charge is -2.22. The second kappa shape index (κ2) is 7.35. The minimum atomic E-state index is -0.309. The van der Waals surface area contributed by atoms with Gasteiger partial charge in [0.1, 0.15) is 0 Å². The second-order valence-corrected chi connectivity index (χ2v) is 7.48. The van der Waals surface area contributed by atoms with Gasteiger partial charge in [0.15, 0.2) is 0 Å². The highest BCUT2D eigenvalue weighted by atomic mass is 32.1. The average Bonchev–Trinajstić information content (AvgIpc) is 3.18. The van der Waals surface area contributed by atoms with E-state index in [2.05, 4.69) is 17.2 Å². The van der Waals surface area contributed by atoms with Crippen molar-refractivity contribution >= 4 is 28.8 Å². The third-order valence-corrected chi connectivity index (χ3v) is 5.40. The number of carbonyl (C=O) groups excluding carboxylic acids is 2. The maximum absolute atomic E-state index is 12.5. The molecular weight excluding hydrogens is 334 g/mol. The summed E-state index contributed by atoms with van der Waals surface area (Å²) in [6, 6.07) is 6.07. The molecule has 25 heavy (non-hydrogen) atoms. The van der Waals surface area contributed by atoms with E-state index in [4.69, 9.17) is 0 Å². The van der Waals surface area contributed by atoms with Gasteiger partial charge in [0.05, 0.1) is 23.2 Å². The highest BCUT2D eigenvalue weighted by molar-refractivity contribution is 7.09. The van der Waals surface area contributed by atoms with E-state index in [-0.39, 0.29) is 24.2 Å². The van der Waals surface area contributed by atoms with Crippen LogP contribution in [-0.2, 0) is 22.6 Å². The maximum atomic E-state index is 12.5. The Bertz CT molecular complexity index is 800. The van der Waals surface area contributed by atoms with E-state index in [0.29, 0.717) is 13.1 Å². The molecule has 2 amide bonds. The molecule has 0 radical (unpaired) electrons. The fourth-order valence-electron chi connectivity index (χ4n) is 3.30. The molecule has 6 heteroatoms. The number of para-hydroxylation sites is 1. The Morgan fingerprint density at radius 1 is 1.40 bits per heavy atom. The zero-order chi connectivity index (χ0) is 18.0. The predicted octanol–water partition coefficient (Wildman–Crippen LogP) is 2.99. The van der Waals surface area contributed by atoms with E-state index < -0.39 is 0 Å². The lowest BCUT2D eigenvalue weighted by atomic mass is 10.0. The minimum absolute atomic E-state index is 0.0219. The number of carbonyl (C=O) groups is 2. The first-order valence-corrected chi connectivity index (χ1v) is 9.45. The summed E-state index contributed by atoms with van der Waals surface area (Å²) in [5, 5.41) is 5.85. The molecule has 0 aliphatic carbocycles. The first-order valence-electron chi connectivity index (χ1n) is 8.57. The molecule has 1 aromatic carbocycles. The highest BCUT2D eigenvalue weighted by Gasteiger charge is 2.36. The molecule has 1 aliphatic rings. The molecule has 1 unspecified atom stereocenters. The van der Waals surface area contributed by atoms with Crippen LogP contribution < -0.4 is 10.2 Å². The predicted molar refractivity (Wildman–Crippen MR) is 99.7 cm³/mol. The largest absolute Gasteiger partial charge is 0.350 e. The lowest BCUT2D eigenvalue weighted by Crippen LogP contribution is -2.33. The summed E-state index contributed by atoms with van der Waals surface area (Å²) in [6.45, 7) is 6.90. The monoisotopic (exact) mass is 357 g/mol. The van der Waals surface area contributed by atoms with Crippen molar-refractivity contribution in [3.8, 4) is 0 Å². The van der Waals surface area contributed by atoms with Gasteiger partial charge < -0.3 is 10.2 Å². The Morgan fingerprint density at radius 3 is 2.88 bits per heavy atom. The molecule has 0 spiro atoms. The Labute approximate surface area is 152 Å². The summed E-state index contributed by atoms with van der Waals surface area (Å²) in [6.07, 6.45) is 1.13. The first-order chi connectivity index (χ1) is 12.0. The van der Waals surface area contributed by atoms with Gasteiger partial charge in [0, 0.05) is 24.0 Å². The van der Waals surface area contributed by atoms with E-state index in [1.165, 1.54) is 0 Å². The van der Waals surface area contributed by atoms with E-state index in [0.717, 1.165) is 33.9 Å². The summed E-state index contributed by atoms with van der Waals surface area (Å²) in [7, 11) is 0. The van der Waals surface area contributed by atoms with Crippen LogP contribution >= 0.6 is 11.3 Å². The number of thiazole rings is 1. The maximum Gasteiger partial charge on any atom is 0.227 e. The number of rotatable bonds is 5. The van der Waals surface area contributed by atoms with Gasteiger partial charge in [-0.2, -0.15) is 0 Å². The molecule has 2 aromatic rings. The van der Waals surface area contributed by atoms with E-state index in [1.807, 2.05) is 37.4 Å². The number of amides is 2. The number of nitrogens with zero attached hydrogens (tertiary/aromatic N) is 2. The normalized spacial score (nSPS) is 17.2. The van der Waals surface area contributed by atoms with Crippen molar-refractivity contribution in [1.82, 2.24) is 10.3 Å². The zero-order valence-electron chi connectivity index (χ0n) is 14.8. The molecule has 1 saturated heterocycles. The van der Waals surface area contributed by atoms with Crippen molar-refractivity contribution in [1.29, 1.82) is 0 Å². The summed E-state index contributed by atoms with van der Waals surface area (Å²) in [5.74, 6) is -0.363. The summed E-state index contributed by atoms with van der Waals surface area (Å²) in [4.78, 5) is 31.1. The molecule has 0 bridgehead atoms. The van der Waals surface area contributed by atoms with Crippen LogP contribution in [0.3, 0.4) is 0 Å². The molecular formula is C19H23N3O2S. The molecule has 1 fully saturated rings. The molecule has 1 N–H and O–H groups in total. The third-order valence-electron chi connectivity index (χ3n) is 4.58. The summed E-state index contributed by atoms with van der Waals surface area (Å²) in [5.41, 5.74) is 4.06. The van der Waals surface area contributed by atoms with Gasteiger partial charge in [-0.15, -0.1) is 11.3 Å². The van der Waals surface area contributed by atoms with Crippen LogP contribution in [0.15, 0.2) is 23.6 Å². The zero-order valence-corrected chi connectivity index (χ0v) is 15.7. The van der Waals surface area contributed by atoms with Crippen LogP contribution in [0.5, 0.6) is 0 Å². The molecule has 132 valence electrons. The van der Waals surface area contributed by atoms with Crippen molar-refractivity contribution in [3.63, 3.8) is 0 Å². The van der Waals surface area contributed by atoms with Crippen LogP contribution in [0.2, 0.25) is 0 Å². The van der Waals surface area contributed by atoms with E-state index in [1.54, 1.807) is 16.2 Å². The van der Waals surface area contributed by atoms with Crippen LogP contribution in [0.4, 0.5) is 5.69 Å². The molecule has 2 heterocycles. The van der Waals surface area contributed by atoms with E-state index >= 15 is 0 Å². The number of hydrogen-bond donors (Lipinski definition) is 1. The molecule has 5 nitrogen and oxygen atoms in total. The Hall–Kier alpha value is -2.21. The van der Waals surface area contributed by atoms with Crippen molar-refractivity contribution in [3.05, 3.63) is 45.4 Å². The van der Waals surface area contributed by atoms with Crippen LogP contribution in [-0.4, -0.2) is 23.3 Å². The van der Waals surface area contributed by atoms with Crippen LogP contribution in [0, 0.1) is 19.8 Å².